The van der Waals surface area contributed by atoms with E-state index in [1.807, 2.05) is 24.3 Å². The van der Waals surface area contributed by atoms with Gasteiger partial charge in [0.1, 0.15) is 0 Å². The normalized spacial score (nSPS) is 10.4. The minimum absolute atomic E-state index is 0.131. The van der Waals surface area contributed by atoms with E-state index in [9.17, 15) is 9.59 Å². The topological polar surface area (TPSA) is 59.5 Å². The molecule has 6 heteroatoms. The van der Waals surface area contributed by atoms with E-state index in [1.54, 1.807) is 60.6 Å². The van der Waals surface area contributed by atoms with Crippen LogP contribution in [0.5, 0.6) is 0 Å². The summed E-state index contributed by atoms with van der Waals surface area (Å²) in [7, 11) is 0. The van der Waals surface area contributed by atoms with Crippen LogP contribution in [0.2, 0.25) is 0 Å². The Kier molecular flexibility index (Phi) is 6.55. The zero-order valence-electron chi connectivity index (χ0n) is 15.3. The molecule has 0 spiro atoms. The summed E-state index contributed by atoms with van der Waals surface area (Å²) in [4.78, 5) is 30.8. The quantitative estimate of drug-likeness (QED) is 0.515. The summed E-state index contributed by atoms with van der Waals surface area (Å²) in [5, 5.41) is 0. The monoisotopic (exact) mass is 438 g/mol. The Bertz CT molecular complexity index is 942. The molecule has 1 aromatic heterocycles. The van der Waals surface area contributed by atoms with Gasteiger partial charge in [-0.3, -0.25) is 9.78 Å². The summed E-state index contributed by atoms with van der Waals surface area (Å²) in [6, 6.07) is 17.8. The Balaban J connectivity index is 1.92. The highest BCUT2D eigenvalue weighted by Crippen LogP contribution is 2.22. The van der Waals surface area contributed by atoms with Crippen LogP contribution in [0.1, 0.15) is 33.2 Å². The van der Waals surface area contributed by atoms with Gasteiger partial charge < -0.3 is 9.64 Å². The third-order valence-corrected chi connectivity index (χ3v) is 4.65. The zero-order valence-corrected chi connectivity index (χ0v) is 16.9. The van der Waals surface area contributed by atoms with Crippen molar-refractivity contribution in [2.75, 3.05) is 11.5 Å². The average Bonchev–Trinajstić information content (AvgIpc) is 2.73. The van der Waals surface area contributed by atoms with Gasteiger partial charge in [-0.1, -0.05) is 15.9 Å². The maximum Gasteiger partial charge on any atom is 0.338 e. The van der Waals surface area contributed by atoms with Gasteiger partial charge >= 0.3 is 5.97 Å². The van der Waals surface area contributed by atoms with Crippen molar-refractivity contribution in [1.82, 2.24) is 4.98 Å². The summed E-state index contributed by atoms with van der Waals surface area (Å²) in [6.45, 7) is 2.46. The first kappa shape index (κ1) is 19.8. The molecule has 2 aromatic carbocycles. The molecule has 0 atom stereocenters. The van der Waals surface area contributed by atoms with Crippen LogP contribution in [-0.2, 0) is 11.3 Å². The molecule has 0 unspecified atom stereocenters. The molecular weight excluding hydrogens is 420 g/mol. The first-order chi connectivity index (χ1) is 13.6. The van der Waals surface area contributed by atoms with Gasteiger partial charge in [-0.25, -0.2) is 4.79 Å². The molecule has 0 N–H and O–H groups in total. The van der Waals surface area contributed by atoms with E-state index in [0.29, 0.717) is 30.0 Å². The van der Waals surface area contributed by atoms with E-state index in [4.69, 9.17) is 4.74 Å². The number of hydrogen-bond donors (Lipinski definition) is 0. The Hall–Kier alpha value is -2.99. The second-order valence-corrected chi connectivity index (χ2v) is 6.94. The molecule has 0 aliphatic rings. The maximum absolute atomic E-state index is 13.2. The van der Waals surface area contributed by atoms with Crippen molar-refractivity contribution >= 4 is 33.5 Å². The second-order valence-electron chi connectivity index (χ2n) is 6.02. The van der Waals surface area contributed by atoms with Gasteiger partial charge in [-0.05, 0) is 73.2 Å². The zero-order chi connectivity index (χ0) is 19.9. The standard InChI is InChI=1S/C22H19BrN2O3/c1-2-28-22(27)18-5-9-20(10-6-18)25(15-16-11-13-24-14-12-16)21(26)17-3-7-19(23)8-4-17/h3-14H,2,15H2,1H3. The van der Waals surface area contributed by atoms with E-state index >= 15 is 0 Å². The highest BCUT2D eigenvalue weighted by Gasteiger charge is 2.19. The number of halogens is 1. The van der Waals surface area contributed by atoms with Crippen LogP contribution in [-0.4, -0.2) is 23.5 Å². The molecule has 5 nitrogen and oxygen atoms in total. The van der Waals surface area contributed by atoms with Crippen LogP contribution in [0, 0.1) is 0 Å². The van der Waals surface area contributed by atoms with E-state index in [2.05, 4.69) is 20.9 Å². The van der Waals surface area contributed by atoms with E-state index in [0.717, 1.165) is 10.0 Å². The lowest BCUT2D eigenvalue weighted by atomic mass is 10.1. The molecule has 0 saturated heterocycles. The molecule has 142 valence electrons. The van der Waals surface area contributed by atoms with Crippen molar-refractivity contribution in [2.45, 2.75) is 13.5 Å². The molecule has 0 aliphatic carbocycles. The molecule has 3 rings (SSSR count). The number of esters is 1. The number of pyridine rings is 1. The third-order valence-electron chi connectivity index (χ3n) is 4.12. The lowest BCUT2D eigenvalue weighted by Gasteiger charge is -2.23. The van der Waals surface area contributed by atoms with Gasteiger partial charge in [0.05, 0.1) is 18.7 Å². The number of carbonyl (C=O) groups is 2. The fourth-order valence-corrected chi connectivity index (χ4v) is 2.96. The fraction of sp³-hybridized carbons (Fsp3) is 0.136. The molecule has 0 aliphatic heterocycles. The number of ether oxygens (including phenoxy) is 1. The summed E-state index contributed by atoms with van der Waals surface area (Å²) >= 11 is 3.39. The first-order valence-electron chi connectivity index (χ1n) is 8.82. The molecule has 0 fully saturated rings. The van der Waals surface area contributed by atoms with Crippen molar-refractivity contribution in [1.29, 1.82) is 0 Å². The minimum Gasteiger partial charge on any atom is -0.462 e. The lowest BCUT2D eigenvalue weighted by Crippen LogP contribution is -2.30. The largest absolute Gasteiger partial charge is 0.462 e. The van der Waals surface area contributed by atoms with Gasteiger partial charge in [0, 0.05) is 28.1 Å². The van der Waals surface area contributed by atoms with Crippen LogP contribution in [0.4, 0.5) is 5.69 Å². The van der Waals surface area contributed by atoms with Crippen LogP contribution in [0.3, 0.4) is 0 Å². The molecular formula is C22H19BrN2O3. The smallest absolute Gasteiger partial charge is 0.338 e. The highest BCUT2D eigenvalue weighted by atomic mass is 79.9. The predicted octanol–water partition coefficient (Wildman–Crippen LogP) is 4.87. The number of carbonyl (C=O) groups excluding carboxylic acids is 2. The highest BCUT2D eigenvalue weighted by molar-refractivity contribution is 9.10. The van der Waals surface area contributed by atoms with Crippen molar-refractivity contribution in [2.24, 2.45) is 0 Å². The fourth-order valence-electron chi connectivity index (χ4n) is 2.69. The van der Waals surface area contributed by atoms with Crippen LogP contribution >= 0.6 is 15.9 Å². The Morgan fingerprint density at radius 3 is 2.14 bits per heavy atom. The van der Waals surface area contributed by atoms with E-state index < -0.39 is 0 Å². The first-order valence-corrected chi connectivity index (χ1v) is 9.61. The number of amides is 1. The van der Waals surface area contributed by atoms with E-state index in [-0.39, 0.29) is 11.9 Å². The molecule has 3 aromatic rings. The number of nitrogens with zero attached hydrogens (tertiary/aromatic N) is 2. The van der Waals surface area contributed by atoms with Crippen molar-refractivity contribution in [3.8, 4) is 0 Å². The van der Waals surface area contributed by atoms with Crippen LogP contribution in [0.15, 0.2) is 77.5 Å². The summed E-state index contributed by atoms with van der Waals surface area (Å²) < 4.78 is 5.93. The molecule has 0 saturated carbocycles. The van der Waals surface area contributed by atoms with Crippen LogP contribution < -0.4 is 4.90 Å². The Morgan fingerprint density at radius 1 is 0.929 bits per heavy atom. The van der Waals surface area contributed by atoms with Gasteiger partial charge in [-0.2, -0.15) is 0 Å². The number of anilines is 1. The second kappa shape index (κ2) is 9.28. The SMILES string of the molecule is CCOC(=O)c1ccc(N(Cc2ccncc2)C(=O)c2ccc(Br)cc2)cc1. The number of aromatic nitrogens is 1. The molecule has 0 bridgehead atoms. The Labute approximate surface area is 172 Å². The lowest BCUT2D eigenvalue weighted by molar-refractivity contribution is 0.0526. The number of hydrogen-bond acceptors (Lipinski definition) is 4. The molecule has 1 amide bonds. The van der Waals surface area contributed by atoms with Gasteiger partial charge in [0.25, 0.3) is 5.91 Å². The number of rotatable bonds is 6. The summed E-state index contributed by atoms with van der Waals surface area (Å²) in [5.74, 6) is -0.512. The predicted molar refractivity (Wildman–Crippen MR) is 111 cm³/mol. The summed E-state index contributed by atoms with van der Waals surface area (Å²) in [6.07, 6.45) is 3.39. The summed E-state index contributed by atoms with van der Waals surface area (Å²) in [5.41, 5.74) is 2.67. The molecule has 28 heavy (non-hydrogen) atoms. The van der Waals surface area contributed by atoms with Crippen molar-refractivity contribution < 1.29 is 14.3 Å². The number of benzene rings is 2. The molecule has 0 radical (unpaired) electrons. The van der Waals surface area contributed by atoms with Gasteiger partial charge in [0.15, 0.2) is 0 Å². The third kappa shape index (κ3) is 4.84. The van der Waals surface area contributed by atoms with Crippen molar-refractivity contribution in [3.63, 3.8) is 0 Å². The van der Waals surface area contributed by atoms with E-state index in [1.165, 1.54) is 0 Å². The minimum atomic E-state index is -0.381. The van der Waals surface area contributed by atoms with Gasteiger partial charge in [0.2, 0.25) is 0 Å². The van der Waals surface area contributed by atoms with Crippen LogP contribution in [0.25, 0.3) is 0 Å². The van der Waals surface area contributed by atoms with Crippen molar-refractivity contribution in [3.05, 3.63) is 94.2 Å². The van der Waals surface area contributed by atoms with Gasteiger partial charge in [-0.15, -0.1) is 0 Å². The Morgan fingerprint density at radius 2 is 1.54 bits per heavy atom. The molecule has 1 heterocycles. The average molecular weight is 439 g/mol. The maximum atomic E-state index is 13.2.